The van der Waals surface area contributed by atoms with Crippen molar-refractivity contribution in [2.45, 2.75) is 20.8 Å². The summed E-state index contributed by atoms with van der Waals surface area (Å²) in [6.45, 7) is 5.65. The summed E-state index contributed by atoms with van der Waals surface area (Å²) in [5, 5.41) is 0. The zero-order chi connectivity index (χ0) is 13.6. The van der Waals surface area contributed by atoms with Crippen LogP contribution in [0.5, 0.6) is 0 Å². The molecule has 0 aliphatic heterocycles. The number of ether oxygens (including phenoxy) is 1. The fourth-order valence-electron chi connectivity index (χ4n) is 1.45. The van der Waals surface area contributed by atoms with Gasteiger partial charge in [0.15, 0.2) is 0 Å². The number of thiocarbonyl (C=S) groups is 1. The maximum atomic E-state index is 12.0. The third-order valence-corrected chi connectivity index (χ3v) is 2.54. The van der Waals surface area contributed by atoms with Crippen LogP contribution in [-0.4, -0.2) is 42.0 Å². The van der Waals surface area contributed by atoms with E-state index in [4.69, 9.17) is 22.7 Å². The second-order valence-corrected chi connectivity index (χ2v) is 4.59. The lowest BCUT2D eigenvalue weighted by molar-refractivity contribution is -0.149. The zero-order valence-corrected chi connectivity index (χ0v) is 11.5. The summed E-state index contributed by atoms with van der Waals surface area (Å²) in [6, 6.07) is 0. The normalized spacial score (nSPS) is 12.1. The quantitative estimate of drug-likeness (QED) is 0.558. The lowest BCUT2D eigenvalue weighted by atomic mass is 9.94. The van der Waals surface area contributed by atoms with Gasteiger partial charge in [0.2, 0.25) is 5.91 Å². The van der Waals surface area contributed by atoms with E-state index in [1.807, 2.05) is 13.8 Å². The van der Waals surface area contributed by atoms with Crippen LogP contribution in [0, 0.1) is 11.8 Å². The van der Waals surface area contributed by atoms with Crippen molar-refractivity contribution < 1.29 is 14.3 Å². The number of likely N-dealkylation sites (N-methyl/N-ethyl adjacent to an activating group) is 1. The third kappa shape index (κ3) is 5.12. The number of carbonyl (C=O) groups is 2. The van der Waals surface area contributed by atoms with Crippen LogP contribution in [0.4, 0.5) is 0 Å². The Balaban J connectivity index is 4.56. The highest BCUT2D eigenvalue weighted by Gasteiger charge is 2.28. The van der Waals surface area contributed by atoms with Gasteiger partial charge in [0.1, 0.15) is 6.54 Å². The van der Waals surface area contributed by atoms with E-state index in [0.29, 0.717) is 6.61 Å². The lowest BCUT2D eigenvalue weighted by Crippen LogP contribution is -2.43. The van der Waals surface area contributed by atoms with Gasteiger partial charge in [-0.1, -0.05) is 26.1 Å². The van der Waals surface area contributed by atoms with Crippen LogP contribution >= 0.6 is 12.2 Å². The topological polar surface area (TPSA) is 72.6 Å². The molecule has 0 aromatic carbocycles. The summed E-state index contributed by atoms with van der Waals surface area (Å²) >= 11 is 4.87. The number of nitrogens with zero attached hydrogens (tertiary/aromatic N) is 1. The molecule has 0 bridgehead atoms. The number of amides is 1. The second kappa shape index (κ2) is 7.21. The molecule has 0 aromatic heterocycles. The molecule has 0 saturated carbocycles. The van der Waals surface area contributed by atoms with Crippen LogP contribution in [0.25, 0.3) is 0 Å². The zero-order valence-electron chi connectivity index (χ0n) is 10.7. The molecule has 0 aliphatic rings. The van der Waals surface area contributed by atoms with Gasteiger partial charge in [-0.3, -0.25) is 9.59 Å². The summed E-state index contributed by atoms with van der Waals surface area (Å²) in [4.78, 5) is 24.7. The molecule has 5 nitrogen and oxygen atoms in total. The molecule has 0 aliphatic carbocycles. The number of hydrogen-bond donors (Lipinski definition) is 1. The Kier molecular flexibility index (Phi) is 6.72. The molecule has 0 heterocycles. The number of esters is 1. The maximum absolute atomic E-state index is 12.0. The van der Waals surface area contributed by atoms with Crippen LogP contribution in [0.2, 0.25) is 0 Å². The molecular formula is C11H20N2O3S. The van der Waals surface area contributed by atoms with Crippen molar-refractivity contribution in [3.05, 3.63) is 0 Å². The molecule has 0 fully saturated rings. The highest BCUT2D eigenvalue weighted by molar-refractivity contribution is 7.80. The number of nitrogens with two attached hydrogens (primary N) is 1. The van der Waals surface area contributed by atoms with E-state index in [2.05, 4.69) is 0 Å². The smallest absolute Gasteiger partial charge is 0.325 e. The van der Waals surface area contributed by atoms with Gasteiger partial charge in [-0.2, -0.15) is 0 Å². The Bertz CT molecular complexity index is 305. The van der Waals surface area contributed by atoms with Crippen molar-refractivity contribution in [2.24, 2.45) is 17.6 Å². The highest BCUT2D eigenvalue weighted by Crippen LogP contribution is 2.14. The van der Waals surface area contributed by atoms with Crippen molar-refractivity contribution in [3.63, 3.8) is 0 Å². The van der Waals surface area contributed by atoms with E-state index < -0.39 is 11.9 Å². The van der Waals surface area contributed by atoms with E-state index in [9.17, 15) is 9.59 Å². The monoisotopic (exact) mass is 260 g/mol. The average molecular weight is 260 g/mol. The molecule has 0 radical (unpaired) electrons. The SMILES string of the molecule is CCOC(=O)CN(C)C(=O)C(C(N)=S)C(C)C. The first-order valence-electron chi connectivity index (χ1n) is 5.51. The van der Waals surface area contributed by atoms with Crippen molar-refractivity contribution in [3.8, 4) is 0 Å². The largest absolute Gasteiger partial charge is 0.465 e. The summed E-state index contributed by atoms with van der Waals surface area (Å²) in [5.41, 5.74) is 5.53. The molecule has 0 saturated heterocycles. The van der Waals surface area contributed by atoms with E-state index in [-0.39, 0.29) is 23.4 Å². The number of hydrogen-bond acceptors (Lipinski definition) is 4. The van der Waals surface area contributed by atoms with Crippen LogP contribution < -0.4 is 5.73 Å². The molecule has 0 aromatic rings. The summed E-state index contributed by atoms with van der Waals surface area (Å²) in [5.74, 6) is -1.22. The molecule has 17 heavy (non-hydrogen) atoms. The molecular weight excluding hydrogens is 240 g/mol. The van der Waals surface area contributed by atoms with Gasteiger partial charge < -0.3 is 15.4 Å². The minimum Gasteiger partial charge on any atom is -0.465 e. The van der Waals surface area contributed by atoms with Crippen molar-refractivity contribution in [1.82, 2.24) is 4.90 Å². The molecule has 1 unspecified atom stereocenters. The minimum atomic E-state index is -0.538. The number of rotatable bonds is 6. The Labute approximate surface area is 107 Å². The molecule has 1 amide bonds. The van der Waals surface area contributed by atoms with E-state index in [1.54, 1.807) is 6.92 Å². The summed E-state index contributed by atoms with van der Waals surface area (Å²) < 4.78 is 4.77. The second-order valence-electron chi connectivity index (χ2n) is 4.12. The van der Waals surface area contributed by atoms with Gasteiger partial charge in [0.05, 0.1) is 17.5 Å². The Morgan fingerprint density at radius 2 is 1.94 bits per heavy atom. The van der Waals surface area contributed by atoms with Crippen LogP contribution in [0.3, 0.4) is 0 Å². The maximum Gasteiger partial charge on any atom is 0.325 e. The lowest BCUT2D eigenvalue weighted by Gasteiger charge is -2.24. The third-order valence-electron chi connectivity index (χ3n) is 2.29. The number of carbonyl (C=O) groups excluding carboxylic acids is 2. The van der Waals surface area contributed by atoms with Crippen molar-refractivity contribution >= 4 is 29.1 Å². The first kappa shape index (κ1) is 15.8. The van der Waals surface area contributed by atoms with Crippen molar-refractivity contribution in [1.29, 1.82) is 0 Å². The Hall–Kier alpha value is -1.17. The van der Waals surface area contributed by atoms with Gasteiger partial charge >= 0.3 is 5.97 Å². The first-order chi connectivity index (χ1) is 7.81. The summed E-state index contributed by atoms with van der Waals surface area (Å²) in [6.07, 6.45) is 0. The predicted molar refractivity (Wildman–Crippen MR) is 69.4 cm³/mol. The van der Waals surface area contributed by atoms with Gasteiger partial charge in [0.25, 0.3) is 0 Å². The Morgan fingerprint density at radius 1 is 1.41 bits per heavy atom. The van der Waals surface area contributed by atoms with E-state index in [0.717, 1.165) is 0 Å². The minimum absolute atomic E-state index is 0.00430. The van der Waals surface area contributed by atoms with E-state index >= 15 is 0 Å². The molecule has 6 heteroatoms. The Morgan fingerprint density at radius 3 is 2.29 bits per heavy atom. The van der Waals surface area contributed by atoms with Crippen LogP contribution in [0.15, 0.2) is 0 Å². The van der Waals surface area contributed by atoms with Crippen LogP contribution in [0.1, 0.15) is 20.8 Å². The standard InChI is InChI=1S/C11H20N2O3S/c1-5-16-8(14)6-13(4)11(15)9(7(2)3)10(12)17/h7,9H,5-6H2,1-4H3,(H2,12,17). The molecule has 2 N–H and O–H groups in total. The predicted octanol–water partition coefficient (Wildman–Crippen LogP) is 0.566. The highest BCUT2D eigenvalue weighted by atomic mass is 32.1. The molecule has 0 rings (SSSR count). The van der Waals surface area contributed by atoms with Gasteiger partial charge in [0, 0.05) is 7.05 Å². The van der Waals surface area contributed by atoms with E-state index in [1.165, 1.54) is 11.9 Å². The van der Waals surface area contributed by atoms with Gasteiger partial charge in [-0.05, 0) is 12.8 Å². The van der Waals surface area contributed by atoms with Gasteiger partial charge in [-0.25, -0.2) is 0 Å². The fourth-order valence-corrected chi connectivity index (χ4v) is 1.82. The van der Waals surface area contributed by atoms with Gasteiger partial charge in [-0.15, -0.1) is 0 Å². The molecule has 98 valence electrons. The fraction of sp³-hybridized carbons (Fsp3) is 0.727. The van der Waals surface area contributed by atoms with Crippen molar-refractivity contribution in [2.75, 3.05) is 20.2 Å². The average Bonchev–Trinajstić information content (AvgIpc) is 2.16. The van der Waals surface area contributed by atoms with Crippen LogP contribution in [-0.2, 0) is 14.3 Å². The summed E-state index contributed by atoms with van der Waals surface area (Å²) in [7, 11) is 1.53. The first-order valence-corrected chi connectivity index (χ1v) is 5.92. The molecule has 0 spiro atoms. The molecule has 1 atom stereocenters.